The monoisotopic (exact) mass is 246 g/mol. The smallest absolute Gasteiger partial charge is 0.251 e. The first-order valence-corrected chi connectivity index (χ1v) is 6.62. The number of carbonyl (C=O) groups is 1. The third-order valence-corrected chi connectivity index (χ3v) is 3.88. The van der Waals surface area contributed by atoms with E-state index in [1.165, 1.54) is 18.4 Å². The van der Waals surface area contributed by atoms with Crippen LogP contribution in [0.4, 0.5) is 0 Å². The van der Waals surface area contributed by atoms with E-state index in [9.17, 15) is 4.79 Å². The van der Waals surface area contributed by atoms with Gasteiger partial charge in [-0.15, -0.1) is 0 Å². The van der Waals surface area contributed by atoms with Crippen molar-refractivity contribution < 1.29 is 4.79 Å². The van der Waals surface area contributed by atoms with E-state index in [4.69, 9.17) is 5.73 Å². The Labute approximate surface area is 109 Å². The van der Waals surface area contributed by atoms with Gasteiger partial charge in [-0.25, -0.2) is 0 Å². The second-order valence-corrected chi connectivity index (χ2v) is 5.54. The fourth-order valence-electron chi connectivity index (χ4n) is 2.43. The maximum Gasteiger partial charge on any atom is 0.251 e. The Morgan fingerprint density at radius 2 is 2.11 bits per heavy atom. The minimum absolute atomic E-state index is 0.0378. The lowest BCUT2D eigenvalue weighted by atomic mass is 10.0. The standard InChI is InChI=1S/C15H22N2O/c1-11-3-4-13(12(2)9-11)14(18)17-10-15(5-6-15)7-8-16/h3-4,9H,5-8,10,16H2,1-2H3,(H,17,18). The molecule has 0 aliphatic heterocycles. The lowest BCUT2D eigenvalue weighted by molar-refractivity contribution is 0.0943. The molecule has 0 unspecified atom stereocenters. The molecule has 1 amide bonds. The van der Waals surface area contributed by atoms with Crippen LogP contribution >= 0.6 is 0 Å². The number of rotatable bonds is 5. The molecule has 1 aliphatic carbocycles. The third kappa shape index (κ3) is 2.91. The first kappa shape index (κ1) is 13.1. The van der Waals surface area contributed by atoms with Crippen LogP contribution in [0.1, 0.15) is 40.7 Å². The molecule has 1 saturated carbocycles. The number of amides is 1. The third-order valence-electron chi connectivity index (χ3n) is 3.88. The van der Waals surface area contributed by atoms with Crippen molar-refractivity contribution in [3.63, 3.8) is 0 Å². The van der Waals surface area contributed by atoms with Gasteiger partial charge in [0.25, 0.3) is 5.91 Å². The Balaban J connectivity index is 1.96. The molecule has 0 aromatic heterocycles. The highest BCUT2D eigenvalue weighted by Crippen LogP contribution is 2.47. The Morgan fingerprint density at radius 1 is 1.39 bits per heavy atom. The summed E-state index contributed by atoms with van der Waals surface area (Å²) in [6.45, 7) is 5.49. The maximum absolute atomic E-state index is 12.1. The predicted molar refractivity (Wildman–Crippen MR) is 73.6 cm³/mol. The quantitative estimate of drug-likeness (QED) is 0.836. The molecule has 3 N–H and O–H groups in total. The van der Waals surface area contributed by atoms with Crippen molar-refractivity contribution >= 4 is 5.91 Å². The number of carbonyl (C=O) groups excluding carboxylic acids is 1. The van der Waals surface area contributed by atoms with E-state index in [-0.39, 0.29) is 5.91 Å². The summed E-state index contributed by atoms with van der Waals surface area (Å²) in [7, 11) is 0. The van der Waals surface area contributed by atoms with Crippen LogP contribution in [-0.2, 0) is 0 Å². The van der Waals surface area contributed by atoms with Crippen LogP contribution < -0.4 is 11.1 Å². The van der Waals surface area contributed by atoms with Crippen molar-refractivity contribution in [1.29, 1.82) is 0 Å². The molecule has 2 rings (SSSR count). The zero-order valence-electron chi connectivity index (χ0n) is 11.3. The molecule has 3 heteroatoms. The minimum atomic E-state index is 0.0378. The first-order chi connectivity index (χ1) is 8.56. The van der Waals surface area contributed by atoms with Gasteiger partial charge in [-0.2, -0.15) is 0 Å². The van der Waals surface area contributed by atoms with Crippen molar-refractivity contribution in [2.75, 3.05) is 13.1 Å². The van der Waals surface area contributed by atoms with Crippen LogP contribution in [0.2, 0.25) is 0 Å². The van der Waals surface area contributed by atoms with Gasteiger partial charge in [0, 0.05) is 12.1 Å². The highest BCUT2D eigenvalue weighted by atomic mass is 16.1. The van der Waals surface area contributed by atoms with E-state index in [0.29, 0.717) is 12.0 Å². The Bertz CT molecular complexity index is 450. The summed E-state index contributed by atoms with van der Waals surface area (Å²) in [5.41, 5.74) is 8.90. The van der Waals surface area contributed by atoms with Gasteiger partial charge < -0.3 is 11.1 Å². The fourth-order valence-corrected chi connectivity index (χ4v) is 2.43. The van der Waals surface area contributed by atoms with Crippen molar-refractivity contribution in [3.8, 4) is 0 Å². The molecule has 0 bridgehead atoms. The van der Waals surface area contributed by atoms with Gasteiger partial charge in [0.1, 0.15) is 0 Å². The molecule has 0 saturated heterocycles. The minimum Gasteiger partial charge on any atom is -0.351 e. The molecular weight excluding hydrogens is 224 g/mol. The van der Waals surface area contributed by atoms with Gasteiger partial charge in [0.05, 0.1) is 0 Å². The molecule has 0 heterocycles. The highest BCUT2D eigenvalue weighted by Gasteiger charge is 2.41. The first-order valence-electron chi connectivity index (χ1n) is 6.62. The van der Waals surface area contributed by atoms with Gasteiger partial charge in [-0.3, -0.25) is 4.79 Å². The SMILES string of the molecule is Cc1ccc(C(=O)NCC2(CCN)CC2)c(C)c1. The summed E-state index contributed by atoms with van der Waals surface area (Å²) < 4.78 is 0. The molecule has 0 atom stereocenters. The van der Waals surface area contributed by atoms with Gasteiger partial charge in [0.2, 0.25) is 0 Å². The topological polar surface area (TPSA) is 55.1 Å². The zero-order valence-corrected chi connectivity index (χ0v) is 11.3. The summed E-state index contributed by atoms with van der Waals surface area (Å²) >= 11 is 0. The average molecular weight is 246 g/mol. The van der Waals surface area contributed by atoms with Gasteiger partial charge in [-0.1, -0.05) is 17.7 Å². The number of hydrogen-bond donors (Lipinski definition) is 2. The molecule has 1 aromatic rings. The number of nitrogens with one attached hydrogen (secondary N) is 1. The second-order valence-electron chi connectivity index (χ2n) is 5.54. The van der Waals surface area contributed by atoms with E-state index >= 15 is 0 Å². The normalized spacial score (nSPS) is 16.4. The van der Waals surface area contributed by atoms with Gasteiger partial charge >= 0.3 is 0 Å². The molecule has 1 aliphatic rings. The zero-order chi connectivity index (χ0) is 13.2. The van der Waals surface area contributed by atoms with Crippen LogP contribution in [-0.4, -0.2) is 19.0 Å². The molecule has 0 spiro atoms. The predicted octanol–water partition coefficient (Wildman–Crippen LogP) is 2.16. The van der Waals surface area contributed by atoms with Crippen LogP contribution in [0.3, 0.4) is 0 Å². The Kier molecular flexibility index (Phi) is 3.71. The lowest BCUT2D eigenvalue weighted by Crippen LogP contribution is -2.31. The number of nitrogens with two attached hydrogens (primary N) is 1. The molecule has 1 aromatic carbocycles. The molecule has 18 heavy (non-hydrogen) atoms. The fraction of sp³-hybridized carbons (Fsp3) is 0.533. The lowest BCUT2D eigenvalue weighted by Gasteiger charge is -2.15. The molecule has 1 fully saturated rings. The van der Waals surface area contributed by atoms with Crippen LogP contribution in [0.5, 0.6) is 0 Å². The van der Waals surface area contributed by atoms with E-state index < -0.39 is 0 Å². The van der Waals surface area contributed by atoms with E-state index in [1.807, 2.05) is 32.0 Å². The van der Waals surface area contributed by atoms with E-state index in [0.717, 1.165) is 24.1 Å². The van der Waals surface area contributed by atoms with Crippen LogP contribution in [0, 0.1) is 19.3 Å². The van der Waals surface area contributed by atoms with Gasteiger partial charge in [0.15, 0.2) is 0 Å². The van der Waals surface area contributed by atoms with Gasteiger partial charge in [-0.05, 0) is 56.7 Å². The van der Waals surface area contributed by atoms with Crippen molar-refractivity contribution in [3.05, 3.63) is 34.9 Å². The van der Waals surface area contributed by atoms with Crippen molar-refractivity contribution in [2.24, 2.45) is 11.1 Å². The van der Waals surface area contributed by atoms with Crippen LogP contribution in [0.15, 0.2) is 18.2 Å². The number of aryl methyl sites for hydroxylation is 2. The van der Waals surface area contributed by atoms with E-state index in [2.05, 4.69) is 5.32 Å². The molecule has 0 radical (unpaired) electrons. The van der Waals surface area contributed by atoms with Crippen molar-refractivity contribution in [2.45, 2.75) is 33.1 Å². The summed E-state index contributed by atoms with van der Waals surface area (Å²) in [4.78, 5) is 12.1. The summed E-state index contributed by atoms with van der Waals surface area (Å²) in [6.07, 6.45) is 3.40. The summed E-state index contributed by atoms with van der Waals surface area (Å²) in [5.74, 6) is 0.0378. The number of benzene rings is 1. The maximum atomic E-state index is 12.1. The Morgan fingerprint density at radius 3 is 2.67 bits per heavy atom. The van der Waals surface area contributed by atoms with Crippen molar-refractivity contribution in [1.82, 2.24) is 5.32 Å². The summed E-state index contributed by atoms with van der Waals surface area (Å²) in [5, 5.41) is 3.05. The van der Waals surface area contributed by atoms with Crippen LogP contribution in [0.25, 0.3) is 0 Å². The highest BCUT2D eigenvalue weighted by molar-refractivity contribution is 5.95. The second kappa shape index (κ2) is 5.11. The largest absolute Gasteiger partial charge is 0.351 e. The molecular formula is C15H22N2O. The Hall–Kier alpha value is -1.35. The summed E-state index contributed by atoms with van der Waals surface area (Å²) in [6, 6.07) is 5.93. The molecule has 3 nitrogen and oxygen atoms in total. The average Bonchev–Trinajstić information content (AvgIpc) is 3.07. The number of hydrogen-bond acceptors (Lipinski definition) is 2. The van der Waals surface area contributed by atoms with E-state index in [1.54, 1.807) is 0 Å². The molecule has 98 valence electrons.